The van der Waals surface area contributed by atoms with Crippen molar-refractivity contribution in [1.82, 2.24) is 10.2 Å². The van der Waals surface area contributed by atoms with Crippen LogP contribution in [0.4, 0.5) is 0 Å². The number of rotatable bonds is 3. The number of hydrogen-bond donors (Lipinski definition) is 3. The summed E-state index contributed by atoms with van der Waals surface area (Å²) < 4.78 is 5.18. The third-order valence-corrected chi connectivity index (χ3v) is 4.44. The second kappa shape index (κ2) is 5.70. The van der Waals surface area contributed by atoms with Gasteiger partial charge in [0.15, 0.2) is 0 Å². The Morgan fingerprint density at radius 1 is 1.35 bits per heavy atom. The van der Waals surface area contributed by atoms with Crippen LogP contribution >= 0.6 is 0 Å². The average molecular weight is 316 g/mol. The first kappa shape index (κ1) is 15.6. The second-order valence-electron chi connectivity index (χ2n) is 6.12. The van der Waals surface area contributed by atoms with Gasteiger partial charge >= 0.3 is 5.97 Å². The van der Waals surface area contributed by atoms with Crippen LogP contribution in [0.1, 0.15) is 36.6 Å². The first-order valence-electron chi connectivity index (χ1n) is 7.69. The van der Waals surface area contributed by atoms with Crippen LogP contribution in [0, 0.1) is 5.92 Å². The van der Waals surface area contributed by atoms with E-state index in [2.05, 4.69) is 10.2 Å². The third-order valence-electron chi connectivity index (χ3n) is 4.44. The number of aliphatic hydroxyl groups is 1. The summed E-state index contributed by atoms with van der Waals surface area (Å²) in [5.74, 6) is -1.88. The molecular formula is C17H20N2O4. The minimum absolute atomic E-state index is 0.188. The van der Waals surface area contributed by atoms with E-state index < -0.39 is 23.4 Å². The topological polar surface area (TPSA) is 95.2 Å². The van der Waals surface area contributed by atoms with Crippen molar-refractivity contribution in [2.75, 3.05) is 6.61 Å². The van der Waals surface area contributed by atoms with Gasteiger partial charge in [0.1, 0.15) is 0 Å². The summed E-state index contributed by atoms with van der Waals surface area (Å²) in [5.41, 5.74) is 0.357. The molecule has 1 aromatic heterocycles. The Morgan fingerprint density at radius 3 is 2.70 bits per heavy atom. The van der Waals surface area contributed by atoms with Gasteiger partial charge in [0.2, 0.25) is 0 Å². The van der Waals surface area contributed by atoms with Crippen LogP contribution in [-0.4, -0.2) is 33.5 Å². The van der Waals surface area contributed by atoms with Crippen LogP contribution in [-0.2, 0) is 16.0 Å². The minimum Gasteiger partial charge on any atom is -0.466 e. The van der Waals surface area contributed by atoms with Crippen LogP contribution < -0.4 is 5.56 Å². The molecule has 6 heteroatoms. The summed E-state index contributed by atoms with van der Waals surface area (Å²) in [5, 5.41) is 16.3. The van der Waals surface area contributed by atoms with E-state index in [4.69, 9.17) is 4.74 Å². The van der Waals surface area contributed by atoms with Crippen molar-refractivity contribution in [1.29, 1.82) is 0 Å². The van der Waals surface area contributed by atoms with Gasteiger partial charge in [-0.15, -0.1) is 0 Å². The first-order chi connectivity index (χ1) is 11.0. The Balaban J connectivity index is 2.20. The standard InChI is InChI=1S/C17H20N2O4/c1-3-23-16(21)14-12(10-7-5-4-6-8-10)13-11(9-17(14,2)22)18-19-15(13)20/h4-8,12,14,22H,3,9H2,1-2H3,(H2,18,19,20). The number of carbonyl (C=O) groups excluding carboxylic acids is 1. The zero-order chi connectivity index (χ0) is 16.6. The van der Waals surface area contributed by atoms with E-state index in [1.165, 1.54) is 0 Å². The number of carbonyl (C=O) groups is 1. The van der Waals surface area contributed by atoms with E-state index in [0.29, 0.717) is 11.3 Å². The van der Waals surface area contributed by atoms with Crippen molar-refractivity contribution < 1.29 is 14.6 Å². The van der Waals surface area contributed by atoms with Crippen molar-refractivity contribution in [3.05, 3.63) is 57.5 Å². The Morgan fingerprint density at radius 2 is 2.04 bits per heavy atom. The van der Waals surface area contributed by atoms with Crippen LogP contribution in [0.25, 0.3) is 0 Å². The molecule has 0 radical (unpaired) electrons. The van der Waals surface area contributed by atoms with Crippen molar-refractivity contribution >= 4 is 5.97 Å². The van der Waals surface area contributed by atoms with E-state index in [0.717, 1.165) is 5.56 Å². The summed E-state index contributed by atoms with van der Waals surface area (Å²) in [4.78, 5) is 24.8. The van der Waals surface area contributed by atoms with Crippen LogP contribution in [0.15, 0.2) is 35.1 Å². The molecule has 0 saturated heterocycles. The highest BCUT2D eigenvalue weighted by atomic mass is 16.5. The van der Waals surface area contributed by atoms with Gasteiger partial charge in [0, 0.05) is 23.6 Å². The molecule has 3 unspecified atom stereocenters. The SMILES string of the molecule is CCOC(=O)C1C(c2ccccc2)c2c([nH][nH]c2=O)CC1(C)O. The number of H-pyrrole nitrogens is 2. The summed E-state index contributed by atoms with van der Waals surface area (Å²) in [6, 6.07) is 9.28. The van der Waals surface area contributed by atoms with Gasteiger partial charge in [0.05, 0.1) is 18.1 Å². The number of aromatic nitrogens is 2. The molecule has 2 aromatic rings. The van der Waals surface area contributed by atoms with Gasteiger partial charge < -0.3 is 14.9 Å². The Hall–Kier alpha value is -2.34. The van der Waals surface area contributed by atoms with E-state index in [1.54, 1.807) is 13.8 Å². The van der Waals surface area contributed by atoms with E-state index >= 15 is 0 Å². The summed E-state index contributed by atoms with van der Waals surface area (Å²) in [6.07, 6.45) is 0.188. The normalized spacial score (nSPS) is 26.6. The lowest BCUT2D eigenvalue weighted by Crippen LogP contribution is -2.50. The first-order valence-corrected chi connectivity index (χ1v) is 7.69. The second-order valence-corrected chi connectivity index (χ2v) is 6.12. The van der Waals surface area contributed by atoms with Crippen molar-refractivity contribution in [3.63, 3.8) is 0 Å². The number of benzene rings is 1. The molecule has 3 N–H and O–H groups in total. The van der Waals surface area contributed by atoms with Gasteiger partial charge in [0.25, 0.3) is 5.56 Å². The molecule has 1 aliphatic carbocycles. The lowest BCUT2D eigenvalue weighted by Gasteiger charge is -2.40. The molecule has 1 aliphatic rings. The number of ether oxygens (including phenoxy) is 1. The number of nitrogens with one attached hydrogen (secondary N) is 2. The van der Waals surface area contributed by atoms with Gasteiger partial charge in [-0.2, -0.15) is 0 Å². The van der Waals surface area contributed by atoms with Crippen LogP contribution in [0.5, 0.6) is 0 Å². The van der Waals surface area contributed by atoms with Gasteiger partial charge in [-0.3, -0.25) is 14.7 Å². The maximum Gasteiger partial charge on any atom is 0.312 e. The van der Waals surface area contributed by atoms with Crippen molar-refractivity contribution in [2.24, 2.45) is 5.92 Å². The van der Waals surface area contributed by atoms with Gasteiger partial charge in [-0.05, 0) is 19.4 Å². The molecule has 0 saturated carbocycles. The lowest BCUT2D eigenvalue weighted by atomic mass is 9.66. The maximum absolute atomic E-state index is 12.5. The molecule has 3 atom stereocenters. The Labute approximate surface area is 133 Å². The predicted molar refractivity (Wildman–Crippen MR) is 84.1 cm³/mol. The quantitative estimate of drug-likeness (QED) is 0.744. The zero-order valence-electron chi connectivity index (χ0n) is 13.1. The molecule has 0 bridgehead atoms. The fourth-order valence-corrected chi connectivity index (χ4v) is 3.51. The molecule has 3 rings (SSSR count). The number of fused-ring (bicyclic) bond motifs is 1. The van der Waals surface area contributed by atoms with Gasteiger partial charge in [-0.1, -0.05) is 30.3 Å². The monoisotopic (exact) mass is 316 g/mol. The smallest absolute Gasteiger partial charge is 0.312 e. The maximum atomic E-state index is 12.5. The Bertz CT molecular complexity index is 760. The fraction of sp³-hybridized carbons (Fsp3) is 0.412. The number of aromatic amines is 2. The zero-order valence-corrected chi connectivity index (χ0v) is 13.1. The molecule has 6 nitrogen and oxygen atoms in total. The van der Waals surface area contributed by atoms with Crippen LogP contribution in [0.2, 0.25) is 0 Å². The fourth-order valence-electron chi connectivity index (χ4n) is 3.51. The molecule has 1 aromatic carbocycles. The number of hydrogen-bond acceptors (Lipinski definition) is 4. The highest BCUT2D eigenvalue weighted by Gasteiger charge is 2.51. The lowest BCUT2D eigenvalue weighted by molar-refractivity contribution is -0.159. The predicted octanol–water partition coefficient (Wildman–Crippen LogP) is 1.32. The molecule has 122 valence electrons. The summed E-state index contributed by atoms with van der Waals surface area (Å²) in [7, 11) is 0. The van der Waals surface area contributed by atoms with Crippen LogP contribution in [0.3, 0.4) is 0 Å². The molecule has 1 heterocycles. The number of esters is 1. The Kier molecular flexibility index (Phi) is 3.85. The molecule has 0 spiro atoms. The average Bonchev–Trinajstić information content (AvgIpc) is 2.86. The van der Waals surface area contributed by atoms with Crippen molar-refractivity contribution in [2.45, 2.75) is 31.8 Å². The van der Waals surface area contributed by atoms with E-state index in [9.17, 15) is 14.7 Å². The summed E-state index contributed by atoms with van der Waals surface area (Å²) >= 11 is 0. The largest absolute Gasteiger partial charge is 0.466 e. The highest BCUT2D eigenvalue weighted by Crippen LogP contribution is 2.44. The van der Waals surface area contributed by atoms with E-state index in [-0.39, 0.29) is 18.6 Å². The molecule has 0 amide bonds. The van der Waals surface area contributed by atoms with E-state index in [1.807, 2.05) is 30.3 Å². The summed E-state index contributed by atoms with van der Waals surface area (Å²) in [6.45, 7) is 3.56. The van der Waals surface area contributed by atoms with Gasteiger partial charge in [-0.25, -0.2) is 0 Å². The molecule has 0 fully saturated rings. The minimum atomic E-state index is -1.31. The molecule has 0 aliphatic heterocycles. The highest BCUT2D eigenvalue weighted by molar-refractivity contribution is 5.77. The third kappa shape index (κ3) is 2.59. The van der Waals surface area contributed by atoms with Crippen molar-refractivity contribution in [3.8, 4) is 0 Å². The molecular weight excluding hydrogens is 296 g/mol. The molecule has 23 heavy (non-hydrogen) atoms.